The Morgan fingerprint density at radius 2 is 1.34 bits per heavy atom. The zero-order valence-corrected chi connectivity index (χ0v) is 17.5. The molecule has 0 aromatic heterocycles. The maximum Gasteiger partial charge on any atom is 0.258 e. The third-order valence-electron chi connectivity index (χ3n) is 5.38. The lowest BCUT2D eigenvalue weighted by atomic mass is 9.93. The van der Waals surface area contributed by atoms with Crippen molar-refractivity contribution in [3.63, 3.8) is 0 Å². The molecule has 4 heteroatoms. The second-order valence-corrected chi connectivity index (χ2v) is 8.07. The molecular weight excluding hydrogens is 360 g/mol. The highest BCUT2D eigenvalue weighted by molar-refractivity contribution is 6.22. The third-order valence-corrected chi connectivity index (χ3v) is 5.38. The minimum atomic E-state index is -0.624. The Morgan fingerprint density at radius 3 is 1.79 bits per heavy atom. The van der Waals surface area contributed by atoms with Gasteiger partial charge in [-0.3, -0.25) is 9.59 Å². The summed E-state index contributed by atoms with van der Waals surface area (Å²) in [6.07, 6.45) is 5.81. The van der Waals surface area contributed by atoms with Gasteiger partial charge >= 0.3 is 0 Å². The second-order valence-electron chi connectivity index (χ2n) is 8.07. The van der Waals surface area contributed by atoms with E-state index in [2.05, 4.69) is 26.8 Å². The Hall–Kier alpha value is -2.88. The molecule has 1 heterocycles. The van der Waals surface area contributed by atoms with Gasteiger partial charge in [0.2, 0.25) is 0 Å². The Labute approximate surface area is 173 Å². The van der Waals surface area contributed by atoms with E-state index in [1.807, 2.05) is 60.7 Å². The number of hydrazine groups is 1. The van der Waals surface area contributed by atoms with Crippen LogP contribution in [-0.2, 0) is 9.59 Å². The first-order chi connectivity index (χ1) is 14.0. The third kappa shape index (κ3) is 4.94. The molecule has 2 amide bonds. The standard InChI is InChI=1S/C25H30N2O2/c1-19(2)11-10-12-20(3)17-18-23-24(28)26(21-13-6-4-7-14-21)27(25(23)29)22-15-8-5-9-16-22/h4-9,11,13-16,20,23H,10,12,17-18H2,1-3H3. The Morgan fingerprint density at radius 1 is 0.862 bits per heavy atom. The van der Waals surface area contributed by atoms with E-state index in [9.17, 15) is 9.59 Å². The molecule has 29 heavy (non-hydrogen) atoms. The molecular formula is C25H30N2O2. The maximum atomic E-state index is 13.3. The molecule has 2 aromatic rings. The summed E-state index contributed by atoms with van der Waals surface area (Å²) in [7, 11) is 0. The predicted molar refractivity (Wildman–Crippen MR) is 118 cm³/mol. The summed E-state index contributed by atoms with van der Waals surface area (Å²) in [4.78, 5) is 26.5. The van der Waals surface area contributed by atoms with Crippen molar-refractivity contribution in [2.45, 2.75) is 46.5 Å². The quantitative estimate of drug-likeness (QED) is 0.425. The van der Waals surface area contributed by atoms with E-state index in [4.69, 9.17) is 0 Å². The van der Waals surface area contributed by atoms with Gasteiger partial charge in [0.25, 0.3) is 11.8 Å². The predicted octanol–water partition coefficient (Wildman–Crippen LogP) is 5.76. The second kappa shape index (κ2) is 9.55. The molecule has 1 atom stereocenters. The monoisotopic (exact) mass is 390 g/mol. The van der Waals surface area contributed by atoms with Gasteiger partial charge in [-0.05, 0) is 69.7 Å². The fraction of sp³-hybridized carbons (Fsp3) is 0.360. The van der Waals surface area contributed by atoms with Crippen LogP contribution in [0.1, 0.15) is 46.5 Å². The highest BCUT2D eigenvalue weighted by Crippen LogP contribution is 2.34. The van der Waals surface area contributed by atoms with Crippen molar-refractivity contribution in [2.24, 2.45) is 11.8 Å². The van der Waals surface area contributed by atoms with E-state index >= 15 is 0 Å². The van der Waals surface area contributed by atoms with Crippen LogP contribution in [-0.4, -0.2) is 11.8 Å². The summed E-state index contributed by atoms with van der Waals surface area (Å²) < 4.78 is 0. The molecule has 0 radical (unpaired) electrons. The minimum Gasteiger partial charge on any atom is -0.272 e. The van der Waals surface area contributed by atoms with E-state index in [0.29, 0.717) is 23.7 Å². The van der Waals surface area contributed by atoms with Crippen LogP contribution in [0.5, 0.6) is 0 Å². The first-order valence-electron chi connectivity index (χ1n) is 10.4. The summed E-state index contributed by atoms with van der Waals surface area (Å²) in [5.74, 6) is -0.424. The molecule has 1 unspecified atom stereocenters. The number of benzene rings is 2. The molecule has 0 N–H and O–H groups in total. The number of hydrogen-bond donors (Lipinski definition) is 0. The Kier molecular flexibility index (Phi) is 6.86. The van der Waals surface area contributed by atoms with Crippen LogP contribution < -0.4 is 10.0 Å². The molecule has 4 nitrogen and oxygen atoms in total. The number of para-hydroxylation sites is 2. The highest BCUT2D eigenvalue weighted by Gasteiger charge is 2.46. The smallest absolute Gasteiger partial charge is 0.258 e. The fourth-order valence-corrected chi connectivity index (χ4v) is 3.72. The van der Waals surface area contributed by atoms with Gasteiger partial charge in [0.15, 0.2) is 0 Å². The van der Waals surface area contributed by atoms with Crippen molar-refractivity contribution in [2.75, 3.05) is 10.0 Å². The fourth-order valence-electron chi connectivity index (χ4n) is 3.72. The van der Waals surface area contributed by atoms with Crippen molar-refractivity contribution in [3.8, 4) is 0 Å². The molecule has 0 spiro atoms. The van der Waals surface area contributed by atoms with Gasteiger partial charge in [-0.25, -0.2) is 10.0 Å². The van der Waals surface area contributed by atoms with Crippen LogP contribution >= 0.6 is 0 Å². The van der Waals surface area contributed by atoms with Gasteiger partial charge in [-0.2, -0.15) is 0 Å². The van der Waals surface area contributed by atoms with Crippen LogP contribution in [0.3, 0.4) is 0 Å². The summed E-state index contributed by atoms with van der Waals surface area (Å²) >= 11 is 0. The number of anilines is 2. The number of nitrogens with zero attached hydrogens (tertiary/aromatic N) is 2. The van der Waals surface area contributed by atoms with Crippen LogP contribution in [0.2, 0.25) is 0 Å². The summed E-state index contributed by atoms with van der Waals surface area (Å²) in [5, 5.41) is 3.08. The molecule has 1 aliphatic heterocycles. The minimum absolute atomic E-state index is 0.137. The summed E-state index contributed by atoms with van der Waals surface area (Å²) in [5.41, 5.74) is 2.76. The topological polar surface area (TPSA) is 40.6 Å². The molecule has 0 aliphatic carbocycles. The molecule has 0 bridgehead atoms. The van der Waals surface area contributed by atoms with Gasteiger partial charge < -0.3 is 0 Å². The molecule has 152 valence electrons. The first-order valence-corrected chi connectivity index (χ1v) is 10.4. The SMILES string of the molecule is CC(C)=CCCC(C)CCC1C(=O)N(c2ccccc2)N(c2ccccc2)C1=O. The largest absolute Gasteiger partial charge is 0.272 e. The number of rotatable bonds is 8. The Bertz CT molecular complexity index is 799. The van der Waals surface area contributed by atoms with E-state index in [1.165, 1.54) is 15.6 Å². The zero-order chi connectivity index (χ0) is 20.8. The van der Waals surface area contributed by atoms with Crippen LogP contribution in [0.4, 0.5) is 11.4 Å². The van der Waals surface area contributed by atoms with E-state index in [0.717, 1.165) is 19.3 Å². The van der Waals surface area contributed by atoms with E-state index in [-0.39, 0.29) is 11.8 Å². The van der Waals surface area contributed by atoms with E-state index < -0.39 is 5.92 Å². The van der Waals surface area contributed by atoms with Crippen molar-refractivity contribution in [1.82, 2.24) is 0 Å². The van der Waals surface area contributed by atoms with Gasteiger partial charge in [-0.15, -0.1) is 0 Å². The molecule has 1 fully saturated rings. The number of amides is 2. The molecule has 2 aromatic carbocycles. The maximum absolute atomic E-state index is 13.3. The normalized spacial score (nSPS) is 15.7. The number of carbonyl (C=O) groups is 2. The average molecular weight is 391 g/mol. The molecule has 1 saturated heterocycles. The lowest BCUT2D eigenvalue weighted by Gasteiger charge is -2.27. The lowest BCUT2D eigenvalue weighted by molar-refractivity contribution is -0.127. The molecule has 1 aliphatic rings. The van der Waals surface area contributed by atoms with Crippen molar-refractivity contribution in [3.05, 3.63) is 72.3 Å². The Balaban J connectivity index is 1.78. The van der Waals surface area contributed by atoms with Crippen LogP contribution in [0.15, 0.2) is 72.3 Å². The number of hydrogen-bond acceptors (Lipinski definition) is 2. The van der Waals surface area contributed by atoms with E-state index in [1.54, 1.807) is 0 Å². The zero-order valence-electron chi connectivity index (χ0n) is 17.5. The number of carbonyl (C=O) groups excluding carboxylic acids is 2. The lowest BCUT2D eigenvalue weighted by Crippen LogP contribution is -2.41. The van der Waals surface area contributed by atoms with Crippen LogP contribution in [0, 0.1) is 11.8 Å². The molecule has 3 rings (SSSR count). The first kappa shape index (κ1) is 20.8. The summed E-state index contributed by atoms with van der Waals surface area (Å²) in [6, 6.07) is 18.8. The summed E-state index contributed by atoms with van der Waals surface area (Å²) in [6.45, 7) is 6.42. The van der Waals surface area contributed by atoms with Gasteiger partial charge in [0.1, 0.15) is 5.92 Å². The highest BCUT2D eigenvalue weighted by atomic mass is 16.2. The van der Waals surface area contributed by atoms with Crippen molar-refractivity contribution < 1.29 is 9.59 Å². The molecule has 0 saturated carbocycles. The van der Waals surface area contributed by atoms with Gasteiger partial charge in [0, 0.05) is 0 Å². The average Bonchev–Trinajstić information content (AvgIpc) is 2.97. The van der Waals surface area contributed by atoms with Crippen LogP contribution in [0.25, 0.3) is 0 Å². The number of allylic oxidation sites excluding steroid dienone is 2. The van der Waals surface area contributed by atoms with Crippen molar-refractivity contribution >= 4 is 23.2 Å². The van der Waals surface area contributed by atoms with Crippen molar-refractivity contribution in [1.29, 1.82) is 0 Å². The van der Waals surface area contributed by atoms with Gasteiger partial charge in [0.05, 0.1) is 11.4 Å². The van der Waals surface area contributed by atoms with Gasteiger partial charge in [-0.1, -0.05) is 55.0 Å².